The molecule has 112 valence electrons. The van der Waals surface area contributed by atoms with Crippen LogP contribution < -0.4 is 4.74 Å². The van der Waals surface area contributed by atoms with E-state index in [9.17, 15) is 9.50 Å². The Kier molecular flexibility index (Phi) is 4.97. The Morgan fingerprint density at radius 2 is 1.76 bits per heavy atom. The van der Waals surface area contributed by atoms with Crippen molar-refractivity contribution in [2.24, 2.45) is 0 Å². The minimum atomic E-state index is -0.916. The lowest BCUT2D eigenvalue weighted by atomic mass is 9.99. The number of aliphatic hydroxyl groups is 1. The molecule has 0 aromatic heterocycles. The van der Waals surface area contributed by atoms with Gasteiger partial charge in [0, 0.05) is 0 Å². The summed E-state index contributed by atoms with van der Waals surface area (Å²) in [5.74, 6) is 1.02. The molecule has 2 atom stereocenters. The first kappa shape index (κ1) is 15.5. The number of rotatable bonds is 5. The van der Waals surface area contributed by atoms with E-state index in [0.717, 1.165) is 6.42 Å². The minimum absolute atomic E-state index is 0.184. The van der Waals surface area contributed by atoms with Gasteiger partial charge in [-0.15, -0.1) is 0 Å². The van der Waals surface area contributed by atoms with Crippen LogP contribution in [-0.2, 0) is 0 Å². The fraction of sp³-hybridized carbons (Fsp3) is 0.333. The van der Waals surface area contributed by atoms with E-state index >= 15 is 0 Å². The molecule has 0 amide bonds. The standard InChI is InChI=1S/C18H21FO2/c1-4-12(2)14-8-10-15(11-9-14)21-17-7-5-6-16(19)18(17)13(3)20/h5-13,20H,4H2,1-3H3. The maximum atomic E-state index is 13.8. The SMILES string of the molecule is CCC(C)c1ccc(Oc2cccc(F)c2C(C)O)cc1. The fourth-order valence-electron chi connectivity index (χ4n) is 2.24. The van der Waals surface area contributed by atoms with Gasteiger partial charge in [0.25, 0.3) is 0 Å². The third-order valence-electron chi connectivity index (χ3n) is 3.72. The van der Waals surface area contributed by atoms with Crippen LogP contribution in [0.1, 0.15) is 50.3 Å². The second kappa shape index (κ2) is 6.72. The van der Waals surface area contributed by atoms with E-state index in [0.29, 0.717) is 17.4 Å². The molecule has 2 aromatic rings. The predicted molar refractivity (Wildman–Crippen MR) is 82.3 cm³/mol. The molecule has 0 heterocycles. The number of hydrogen-bond donors (Lipinski definition) is 1. The Bertz CT molecular complexity index is 591. The minimum Gasteiger partial charge on any atom is -0.457 e. The lowest BCUT2D eigenvalue weighted by Crippen LogP contribution is -2.00. The van der Waals surface area contributed by atoms with E-state index in [-0.39, 0.29) is 5.56 Å². The number of benzene rings is 2. The normalized spacial score (nSPS) is 13.8. The molecule has 0 aliphatic carbocycles. The molecule has 0 saturated carbocycles. The van der Waals surface area contributed by atoms with Gasteiger partial charge in [0.05, 0.1) is 11.7 Å². The number of hydrogen-bond acceptors (Lipinski definition) is 2. The molecule has 0 bridgehead atoms. The van der Waals surface area contributed by atoms with Crippen molar-refractivity contribution in [3.8, 4) is 11.5 Å². The van der Waals surface area contributed by atoms with Crippen LogP contribution in [0.2, 0.25) is 0 Å². The topological polar surface area (TPSA) is 29.5 Å². The molecule has 2 aromatic carbocycles. The van der Waals surface area contributed by atoms with Crippen molar-refractivity contribution in [1.29, 1.82) is 0 Å². The fourth-order valence-corrected chi connectivity index (χ4v) is 2.24. The van der Waals surface area contributed by atoms with Crippen LogP contribution in [0, 0.1) is 5.82 Å². The number of aliphatic hydroxyl groups excluding tert-OH is 1. The van der Waals surface area contributed by atoms with E-state index in [1.54, 1.807) is 12.1 Å². The number of halogens is 1. The van der Waals surface area contributed by atoms with Gasteiger partial charge in [-0.2, -0.15) is 0 Å². The highest BCUT2D eigenvalue weighted by atomic mass is 19.1. The zero-order chi connectivity index (χ0) is 15.4. The van der Waals surface area contributed by atoms with Gasteiger partial charge in [-0.25, -0.2) is 4.39 Å². The number of ether oxygens (including phenoxy) is 1. The van der Waals surface area contributed by atoms with Crippen molar-refractivity contribution >= 4 is 0 Å². The molecule has 0 fully saturated rings. The Hall–Kier alpha value is -1.87. The molecule has 21 heavy (non-hydrogen) atoms. The van der Waals surface area contributed by atoms with Crippen molar-refractivity contribution in [3.63, 3.8) is 0 Å². The van der Waals surface area contributed by atoms with Crippen LogP contribution >= 0.6 is 0 Å². The van der Waals surface area contributed by atoms with E-state index in [1.165, 1.54) is 18.6 Å². The summed E-state index contributed by atoms with van der Waals surface area (Å²) in [5, 5.41) is 9.69. The van der Waals surface area contributed by atoms with E-state index in [1.807, 2.05) is 24.3 Å². The van der Waals surface area contributed by atoms with Gasteiger partial charge >= 0.3 is 0 Å². The summed E-state index contributed by atoms with van der Waals surface area (Å²) >= 11 is 0. The monoisotopic (exact) mass is 288 g/mol. The molecule has 0 radical (unpaired) electrons. The Balaban J connectivity index is 2.25. The highest BCUT2D eigenvalue weighted by Crippen LogP contribution is 2.32. The first-order valence-electron chi connectivity index (χ1n) is 7.27. The van der Waals surface area contributed by atoms with Crippen molar-refractivity contribution in [2.45, 2.75) is 39.2 Å². The summed E-state index contributed by atoms with van der Waals surface area (Å²) in [4.78, 5) is 0. The molecular formula is C18H21FO2. The maximum Gasteiger partial charge on any atom is 0.136 e. The first-order chi connectivity index (χ1) is 10.0. The summed E-state index contributed by atoms with van der Waals surface area (Å²) in [6.45, 7) is 5.85. The lowest BCUT2D eigenvalue weighted by molar-refractivity contribution is 0.190. The third-order valence-corrected chi connectivity index (χ3v) is 3.72. The summed E-state index contributed by atoms with van der Waals surface area (Å²) < 4.78 is 19.5. The van der Waals surface area contributed by atoms with Crippen LogP contribution in [0.25, 0.3) is 0 Å². The second-order valence-corrected chi connectivity index (χ2v) is 5.31. The summed E-state index contributed by atoms with van der Waals surface area (Å²) in [5.41, 5.74) is 1.43. The summed E-state index contributed by atoms with van der Waals surface area (Å²) in [6.07, 6.45) is 0.164. The predicted octanol–water partition coefficient (Wildman–Crippen LogP) is 5.18. The van der Waals surface area contributed by atoms with Gasteiger partial charge in [-0.3, -0.25) is 0 Å². The summed E-state index contributed by atoms with van der Waals surface area (Å²) in [6, 6.07) is 12.3. The van der Waals surface area contributed by atoms with Crippen LogP contribution in [0.5, 0.6) is 11.5 Å². The Morgan fingerprint density at radius 3 is 2.33 bits per heavy atom. The van der Waals surface area contributed by atoms with Gasteiger partial charge in [-0.1, -0.05) is 32.0 Å². The van der Waals surface area contributed by atoms with Crippen molar-refractivity contribution in [1.82, 2.24) is 0 Å². The molecule has 2 rings (SSSR count). The second-order valence-electron chi connectivity index (χ2n) is 5.31. The third kappa shape index (κ3) is 3.61. The smallest absolute Gasteiger partial charge is 0.136 e. The largest absolute Gasteiger partial charge is 0.457 e. The van der Waals surface area contributed by atoms with E-state index < -0.39 is 11.9 Å². The zero-order valence-electron chi connectivity index (χ0n) is 12.6. The van der Waals surface area contributed by atoms with Gasteiger partial charge in [0.1, 0.15) is 17.3 Å². The van der Waals surface area contributed by atoms with Gasteiger partial charge in [0.15, 0.2) is 0 Å². The molecule has 0 saturated heterocycles. The van der Waals surface area contributed by atoms with Crippen LogP contribution in [0.3, 0.4) is 0 Å². The van der Waals surface area contributed by atoms with Crippen LogP contribution in [0.4, 0.5) is 4.39 Å². The van der Waals surface area contributed by atoms with Crippen molar-refractivity contribution < 1.29 is 14.2 Å². The average Bonchev–Trinajstić information content (AvgIpc) is 2.47. The van der Waals surface area contributed by atoms with Gasteiger partial charge < -0.3 is 9.84 Å². The highest BCUT2D eigenvalue weighted by Gasteiger charge is 2.15. The van der Waals surface area contributed by atoms with Crippen molar-refractivity contribution in [3.05, 3.63) is 59.4 Å². The molecule has 0 spiro atoms. The van der Waals surface area contributed by atoms with E-state index in [4.69, 9.17) is 4.74 Å². The Labute approximate surface area is 125 Å². The average molecular weight is 288 g/mol. The molecule has 0 aliphatic rings. The molecule has 3 heteroatoms. The lowest BCUT2D eigenvalue weighted by Gasteiger charge is -2.15. The molecule has 2 nitrogen and oxygen atoms in total. The van der Waals surface area contributed by atoms with Crippen LogP contribution in [-0.4, -0.2) is 5.11 Å². The first-order valence-corrected chi connectivity index (χ1v) is 7.27. The van der Waals surface area contributed by atoms with E-state index in [2.05, 4.69) is 13.8 Å². The van der Waals surface area contributed by atoms with Gasteiger partial charge in [-0.05, 0) is 49.1 Å². The zero-order valence-corrected chi connectivity index (χ0v) is 12.6. The Morgan fingerprint density at radius 1 is 1.10 bits per heavy atom. The highest BCUT2D eigenvalue weighted by molar-refractivity contribution is 5.40. The molecule has 0 aliphatic heterocycles. The maximum absolute atomic E-state index is 13.8. The molecular weight excluding hydrogens is 267 g/mol. The van der Waals surface area contributed by atoms with Crippen LogP contribution in [0.15, 0.2) is 42.5 Å². The molecule has 2 unspecified atom stereocenters. The van der Waals surface area contributed by atoms with Gasteiger partial charge in [0.2, 0.25) is 0 Å². The quantitative estimate of drug-likeness (QED) is 0.821. The van der Waals surface area contributed by atoms with Crippen molar-refractivity contribution in [2.75, 3.05) is 0 Å². The molecule has 1 N–H and O–H groups in total. The summed E-state index contributed by atoms with van der Waals surface area (Å²) in [7, 11) is 0.